The monoisotopic (exact) mass is 378 g/mol. The number of carbonyl (C=O) groups is 1. The summed E-state index contributed by atoms with van der Waals surface area (Å²) in [6.45, 7) is 1.57. The third kappa shape index (κ3) is 4.53. The number of rotatable bonds is 8. The summed E-state index contributed by atoms with van der Waals surface area (Å²) in [6, 6.07) is 13.0. The summed E-state index contributed by atoms with van der Waals surface area (Å²) in [4.78, 5) is 12.5. The van der Waals surface area contributed by atoms with E-state index in [0.29, 0.717) is 17.2 Å². The first kappa shape index (κ1) is 19.7. The van der Waals surface area contributed by atoms with E-state index >= 15 is 0 Å². The highest BCUT2D eigenvalue weighted by atomic mass is 32.2. The summed E-state index contributed by atoms with van der Waals surface area (Å²) in [5, 5.41) is 2.68. The number of hydrogen-bond acceptors (Lipinski definition) is 5. The minimum atomic E-state index is -3.73. The molecule has 0 saturated heterocycles. The van der Waals surface area contributed by atoms with Crippen LogP contribution in [-0.4, -0.2) is 45.9 Å². The molecule has 1 amide bonds. The second-order valence-corrected chi connectivity index (χ2v) is 7.30. The fraction of sp³-hybridized carbons (Fsp3) is 0.278. The standard InChI is InChI=1S/C18H22N2O5S/c1-4-20(26(22,23)15-8-6-5-7-9-15)13-18(21)19-14-10-11-16(24-2)17(12-14)25-3/h5-12H,4,13H2,1-3H3,(H,19,21). The van der Waals surface area contributed by atoms with Gasteiger partial charge in [-0.25, -0.2) is 8.42 Å². The van der Waals surface area contributed by atoms with E-state index in [1.165, 1.54) is 26.4 Å². The number of likely N-dealkylation sites (N-methyl/N-ethyl adjacent to an activating group) is 1. The number of amides is 1. The van der Waals surface area contributed by atoms with Gasteiger partial charge in [0.2, 0.25) is 15.9 Å². The number of nitrogens with one attached hydrogen (secondary N) is 1. The molecule has 0 heterocycles. The molecule has 0 spiro atoms. The molecule has 0 radical (unpaired) electrons. The lowest BCUT2D eigenvalue weighted by Crippen LogP contribution is -2.37. The van der Waals surface area contributed by atoms with Gasteiger partial charge >= 0.3 is 0 Å². The third-order valence-corrected chi connectivity index (χ3v) is 5.66. The van der Waals surface area contributed by atoms with Crippen LogP contribution in [0.2, 0.25) is 0 Å². The van der Waals surface area contributed by atoms with Crippen molar-refractivity contribution in [3.8, 4) is 11.5 Å². The number of nitrogens with zero attached hydrogens (tertiary/aromatic N) is 1. The van der Waals surface area contributed by atoms with Gasteiger partial charge < -0.3 is 14.8 Å². The zero-order valence-electron chi connectivity index (χ0n) is 14.9. The number of carbonyl (C=O) groups excluding carboxylic acids is 1. The second kappa shape index (κ2) is 8.68. The SMILES string of the molecule is CCN(CC(=O)Nc1ccc(OC)c(OC)c1)S(=O)(=O)c1ccccc1. The zero-order chi connectivity index (χ0) is 19.2. The van der Waals surface area contributed by atoms with Gasteiger partial charge in [-0.3, -0.25) is 4.79 Å². The molecule has 7 nitrogen and oxygen atoms in total. The van der Waals surface area contributed by atoms with Gasteiger partial charge in [0.05, 0.1) is 25.7 Å². The molecule has 26 heavy (non-hydrogen) atoms. The number of methoxy groups -OCH3 is 2. The van der Waals surface area contributed by atoms with Crippen LogP contribution in [0.1, 0.15) is 6.92 Å². The fourth-order valence-corrected chi connectivity index (χ4v) is 3.81. The van der Waals surface area contributed by atoms with Crippen LogP contribution < -0.4 is 14.8 Å². The molecule has 8 heteroatoms. The molecular weight excluding hydrogens is 356 g/mol. The number of benzene rings is 2. The van der Waals surface area contributed by atoms with Crippen LogP contribution in [-0.2, 0) is 14.8 Å². The summed E-state index contributed by atoms with van der Waals surface area (Å²) >= 11 is 0. The molecular formula is C18H22N2O5S. The predicted molar refractivity (Wildman–Crippen MR) is 99.1 cm³/mol. The van der Waals surface area contributed by atoms with Crippen LogP contribution in [0.3, 0.4) is 0 Å². The van der Waals surface area contributed by atoms with Crippen molar-refractivity contribution in [1.29, 1.82) is 0 Å². The van der Waals surface area contributed by atoms with Gasteiger partial charge in [0.15, 0.2) is 11.5 Å². The maximum atomic E-state index is 12.6. The van der Waals surface area contributed by atoms with Crippen LogP contribution in [0.4, 0.5) is 5.69 Å². The van der Waals surface area contributed by atoms with E-state index in [1.807, 2.05) is 0 Å². The van der Waals surface area contributed by atoms with E-state index < -0.39 is 15.9 Å². The Kier molecular flexibility index (Phi) is 6.59. The topological polar surface area (TPSA) is 84.9 Å². The second-order valence-electron chi connectivity index (χ2n) is 5.36. The van der Waals surface area contributed by atoms with Gasteiger partial charge in [-0.1, -0.05) is 25.1 Å². The first-order valence-corrected chi connectivity index (χ1v) is 9.43. The average Bonchev–Trinajstić information content (AvgIpc) is 2.66. The van der Waals surface area contributed by atoms with Crippen molar-refractivity contribution in [2.75, 3.05) is 32.6 Å². The molecule has 0 aliphatic carbocycles. The van der Waals surface area contributed by atoms with Crippen molar-refractivity contribution in [2.24, 2.45) is 0 Å². The molecule has 0 saturated carbocycles. The summed E-state index contributed by atoms with van der Waals surface area (Å²) in [5.41, 5.74) is 0.487. The highest BCUT2D eigenvalue weighted by Gasteiger charge is 2.25. The van der Waals surface area contributed by atoms with Gasteiger partial charge in [-0.15, -0.1) is 0 Å². The van der Waals surface area contributed by atoms with E-state index in [1.54, 1.807) is 43.3 Å². The molecule has 2 aromatic rings. The number of anilines is 1. The van der Waals surface area contributed by atoms with Gasteiger partial charge in [0, 0.05) is 18.3 Å². The Morgan fingerprint density at radius 3 is 2.27 bits per heavy atom. The molecule has 0 aliphatic rings. The Hall–Kier alpha value is -2.58. The van der Waals surface area contributed by atoms with Crippen LogP contribution >= 0.6 is 0 Å². The zero-order valence-corrected chi connectivity index (χ0v) is 15.7. The van der Waals surface area contributed by atoms with Crippen LogP contribution in [0.15, 0.2) is 53.4 Å². The lowest BCUT2D eigenvalue weighted by atomic mass is 10.2. The number of ether oxygens (including phenoxy) is 2. The first-order valence-electron chi connectivity index (χ1n) is 7.99. The van der Waals surface area contributed by atoms with E-state index in [2.05, 4.69) is 5.32 Å². The Labute approximate surface area is 153 Å². The van der Waals surface area contributed by atoms with Gasteiger partial charge in [0.1, 0.15) is 0 Å². The molecule has 0 fully saturated rings. The van der Waals surface area contributed by atoms with Crippen LogP contribution in [0.5, 0.6) is 11.5 Å². The predicted octanol–water partition coefficient (Wildman–Crippen LogP) is 2.35. The molecule has 2 rings (SSSR count). The largest absolute Gasteiger partial charge is 0.493 e. The smallest absolute Gasteiger partial charge is 0.243 e. The fourth-order valence-electron chi connectivity index (χ4n) is 2.38. The van der Waals surface area contributed by atoms with Crippen molar-refractivity contribution in [2.45, 2.75) is 11.8 Å². The Morgan fingerprint density at radius 1 is 1.04 bits per heavy atom. The minimum absolute atomic E-state index is 0.153. The molecule has 140 valence electrons. The van der Waals surface area contributed by atoms with Crippen molar-refractivity contribution < 1.29 is 22.7 Å². The highest BCUT2D eigenvalue weighted by molar-refractivity contribution is 7.89. The molecule has 1 N–H and O–H groups in total. The molecule has 0 atom stereocenters. The molecule has 0 aliphatic heterocycles. The summed E-state index contributed by atoms with van der Waals surface area (Å²) in [6.07, 6.45) is 0. The Balaban J connectivity index is 2.13. The third-order valence-electron chi connectivity index (χ3n) is 3.72. The van der Waals surface area contributed by atoms with E-state index in [9.17, 15) is 13.2 Å². The average molecular weight is 378 g/mol. The molecule has 0 aromatic heterocycles. The van der Waals surface area contributed by atoms with Crippen molar-refractivity contribution in [3.63, 3.8) is 0 Å². The lowest BCUT2D eigenvalue weighted by Gasteiger charge is -2.20. The van der Waals surface area contributed by atoms with Crippen molar-refractivity contribution >= 4 is 21.6 Å². The molecule has 0 unspecified atom stereocenters. The lowest BCUT2D eigenvalue weighted by molar-refractivity contribution is -0.116. The Morgan fingerprint density at radius 2 is 1.69 bits per heavy atom. The van der Waals surface area contributed by atoms with E-state index in [0.717, 1.165) is 4.31 Å². The van der Waals surface area contributed by atoms with Crippen LogP contribution in [0, 0.1) is 0 Å². The van der Waals surface area contributed by atoms with E-state index in [-0.39, 0.29) is 18.0 Å². The normalized spacial score (nSPS) is 11.2. The van der Waals surface area contributed by atoms with Crippen molar-refractivity contribution in [3.05, 3.63) is 48.5 Å². The quantitative estimate of drug-likeness (QED) is 0.762. The summed E-state index contributed by atoms with van der Waals surface area (Å²) in [5.74, 6) is 0.556. The van der Waals surface area contributed by atoms with Gasteiger partial charge in [0.25, 0.3) is 0 Å². The maximum absolute atomic E-state index is 12.6. The first-order chi connectivity index (χ1) is 12.4. The van der Waals surface area contributed by atoms with Gasteiger partial charge in [-0.2, -0.15) is 4.31 Å². The van der Waals surface area contributed by atoms with Crippen molar-refractivity contribution in [1.82, 2.24) is 4.31 Å². The number of hydrogen-bond donors (Lipinski definition) is 1. The minimum Gasteiger partial charge on any atom is -0.493 e. The highest BCUT2D eigenvalue weighted by Crippen LogP contribution is 2.29. The molecule has 0 bridgehead atoms. The Bertz CT molecular complexity index is 853. The maximum Gasteiger partial charge on any atom is 0.243 e. The van der Waals surface area contributed by atoms with Crippen LogP contribution in [0.25, 0.3) is 0 Å². The van der Waals surface area contributed by atoms with E-state index in [4.69, 9.17) is 9.47 Å². The number of sulfonamides is 1. The molecule has 2 aromatic carbocycles. The summed E-state index contributed by atoms with van der Waals surface area (Å²) in [7, 11) is -0.722. The summed E-state index contributed by atoms with van der Waals surface area (Å²) < 4.78 is 36.7. The van der Waals surface area contributed by atoms with Gasteiger partial charge in [-0.05, 0) is 24.3 Å².